The van der Waals surface area contributed by atoms with Crippen molar-refractivity contribution < 1.29 is 19.6 Å². The van der Waals surface area contributed by atoms with E-state index in [1.807, 2.05) is 6.07 Å². The summed E-state index contributed by atoms with van der Waals surface area (Å²) in [4.78, 5) is 41.4. The minimum Gasteiger partial charge on any atom is -0.867 e. The lowest BCUT2D eigenvalue weighted by Gasteiger charge is -2.24. The highest BCUT2D eigenvalue weighted by Gasteiger charge is 2.33. The summed E-state index contributed by atoms with van der Waals surface area (Å²) in [5.74, 6) is -1.35. The maximum atomic E-state index is 13.4. The van der Waals surface area contributed by atoms with Crippen molar-refractivity contribution in [1.82, 2.24) is 4.57 Å². The van der Waals surface area contributed by atoms with Crippen molar-refractivity contribution in [2.75, 3.05) is 6.61 Å². The van der Waals surface area contributed by atoms with Crippen LogP contribution in [0.15, 0.2) is 69.6 Å². The van der Waals surface area contributed by atoms with E-state index in [1.165, 1.54) is 22.8 Å². The number of esters is 1. The van der Waals surface area contributed by atoms with E-state index in [0.29, 0.717) is 16.1 Å². The largest absolute Gasteiger partial charge is 0.867 e. The zero-order chi connectivity index (χ0) is 23.7. The van der Waals surface area contributed by atoms with E-state index >= 15 is 0 Å². The molecule has 9 nitrogen and oxygen atoms in total. The van der Waals surface area contributed by atoms with E-state index < -0.39 is 33.9 Å². The van der Waals surface area contributed by atoms with E-state index in [4.69, 9.17) is 4.74 Å². The molecule has 1 atom stereocenters. The van der Waals surface area contributed by atoms with Gasteiger partial charge in [-0.2, -0.15) is 0 Å². The van der Waals surface area contributed by atoms with Crippen LogP contribution < -0.4 is 20.0 Å². The van der Waals surface area contributed by atoms with Gasteiger partial charge in [0, 0.05) is 6.07 Å². The van der Waals surface area contributed by atoms with Gasteiger partial charge < -0.3 is 9.84 Å². The SMILES string of the molecule is CCOC(=O)C1=C(C)N=c2s/c(=C/c3cccc([N+](=O)[O-])c3[O-])c(=O)n2[C@@H]1c1ccccc1. The van der Waals surface area contributed by atoms with Crippen LogP contribution in [-0.4, -0.2) is 22.1 Å². The normalized spacial score (nSPS) is 15.7. The maximum Gasteiger partial charge on any atom is 0.338 e. The molecule has 1 aromatic heterocycles. The number of benzene rings is 2. The topological polar surface area (TPSA) is 127 Å². The van der Waals surface area contributed by atoms with Gasteiger partial charge in [-0.3, -0.25) is 19.5 Å². The molecule has 2 heterocycles. The standard InChI is InChI=1S/C23H19N3O6S/c1-3-32-22(29)18-13(2)24-23-25(19(18)14-8-5-4-6-9-14)21(28)17(33-23)12-15-10-7-11-16(20(15)27)26(30)31/h4-12,19,27H,3H2,1-2H3/p-1/b17-12+/t19-/m1/s1. The van der Waals surface area contributed by atoms with E-state index in [1.54, 1.807) is 38.1 Å². The third-order valence-corrected chi connectivity index (χ3v) is 6.12. The predicted octanol–water partition coefficient (Wildman–Crippen LogP) is 1.78. The highest BCUT2D eigenvalue weighted by molar-refractivity contribution is 7.07. The average molecular weight is 464 g/mol. The van der Waals surface area contributed by atoms with Crippen molar-refractivity contribution >= 4 is 29.1 Å². The van der Waals surface area contributed by atoms with E-state index in [2.05, 4.69) is 4.99 Å². The van der Waals surface area contributed by atoms with E-state index in [9.17, 15) is 24.8 Å². The summed E-state index contributed by atoms with van der Waals surface area (Å²) < 4.78 is 6.80. The molecule has 0 aliphatic carbocycles. The van der Waals surface area contributed by atoms with Gasteiger partial charge in [-0.05, 0) is 36.8 Å². The Bertz CT molecular complexity index is 1470. The summed E-state index contributed by atoms with van der Waals surface area (Å²) in [6.45, 7) is 3.54. The van der Waals surface area contributed by atoms with Gasteiger partial charge in [-0.1, -0.05) is 53.8 Å². The Morgan fingerprint density at radius 2 is 1.97 bits per heavy atom. The second-order valence-corrected chi connectivity index (χ2v) is 8.17. The molecule has 1 aliphatic rings. The number of nitrogens with zero attached hydrogens (tertiary/aromatic N) is 3. The van der Waals surface area contributed by atoms with E-state index in [0.717, 1.165) is 17.4 Å². The molecule has 3 aromatic rings. The lowest BCUT2D eigenvalue weighted by atomic mass is 9.96. The minimum absolute atomic E-state index is 0.0204. The number of hydrogen-bond acceptors (Lipinski definition) is 8. The van der Waals surface area contributed by atoms with Crippen LogP contribution >= 0.6 is 11.3 Å². The Hall–Kier alpha value is -4.05. The average Bonchev–Trinajstić information content (AvgIpc) is 3.09. The Kier molecular flexibility index (Phi) is 5.93. The highest BCUT2D eigenvalue weighted by Crippen LogP contribution is 2.31. The second kappa shape index (κ2) is 8.83. The van der Waals surface area contributed by atoms with Gasteiger partial charge in [-0.15, -0.1) is 0 Å². The van der Waals surface area contributed by atoms with Gasteiger partial charge in [0.05, 0.1) is 33.4 Å². The fraction of sp³-hybridized carbons (Fsp3) is 0.174. The quantitative estimate of drug-likeness (QED) is 0.322. The number of para-hydroxylation sites is 1. The van der Waals surface area contributed by atoms with Crippen LogP contribution in [0.5, 0.6) is 5.75 Å². The van der Waals surface area contributed by atoms with Crippen molar-refractivity contribution in [3.8, 4) is 5.75 Å². The van der Waals surface area contributed by atoms with Gasteiger partial charge in [-0.25, -0.2) is 9.79 Å². The van der Waals surface area contributed by atoms with E-state index in [-0.39, 0.29) is 22.3 Å². The van der Waals surface area contributed by atoms with Crippen LogP contribution in [0.4, 0.5) is 5.69 Å². The number of ether oxygens (including phenoxy) is 1. The third-order valence-electron chi connectivity index (χ3n) is 5.14. The number of nitro groups is 1. The number of thiazole rings is 1. The molecule has 4 rings (SSSR count). The summed E-state index contributed by atoms with van der Waals surface area (Å²) in [7, 11) is 0. The fourth-order valence-electron chi connectivity index (χ4n) is 3.68. The molecule has 0 saturated carbocycles. The summed E-state index contributed by atoms with van der Waals surface area (Å²) in [6.07, 6.45) is 1.32. The molecule has 0 bridgehead atoms. The molecule has 0 radical (unpaired) electrons. The summed E-state index contributed by atoms with van der Waals surface area (Å²) >= 11 is 1.04. The zero-order valence-electron chi connectivity index (χ0n) is 17.7. The molecule has 168 valence electrons. The maximum absolute atomic E-state index is 13.4. The number of carbonyl (C=O) groups is 1. The molecular weight excluding hydrogens is 446 g/mol. The second-order valence-electron chi connectivity index (χ2n) is 7.17. The van der Waals surface area contributed by atoms with Crippen LogP contribution in [0.25, 0.3) is 6.08 Å². The predicted molar refractivity (Wildman–Crippen MR) is 119 cm³/mol. The molecule has 0 N–H and O–H groups in total. The molecule has 2 aromatic carbocycles. The number of rotatable bonds is 5. The van der Waals surface area contributed by atoms with Crippen LogP contribution in [0.2, 0.25) is 0 Å². The monoisotopic (exact) mass is 464 g/mol. The highest BCUT2D eigenvalue weighted by atomic mass is 32.1. The van der Waals surface area contributed by atoms with Crippen molar-refractivity contribution in [2.24, 2.45) is 4.99 Å². The molecule has 1 aliphatic heterocycles. The molecular formula is C23H18N3O6S-. The molecule has 0 amide bonds. The van der Waals surface area contributed by atoms with Crippen LogP contribution in [0, 0.1) is 10.1 Å². The fourth-order valence-corrected chi connectivity index (χ4v) is 4.72. The Labute approximate surface area is 191 Å². The van der Waals surface area contributed by atoms with Gasteiger partial charge in [0.15, 0.2) is 4.80 Å². The minimum atomic E-state index is -0.781. The Balaban J connectivity index is 1.96. The number of nitro benzene ring substituents is 1. The first kappa shape index (κ1) is 22.2. The number of carbonyl (C=O) groups excluding carboxylic acids is 1. The lowest BCUT2D eigenvalue weighted by Crippen LogP contribution is -2.39. The molecule has 10 heteroatoms. The number of hydrogen-bond donors (Lipinski definition) is 0. The van der Waals surface area contributed by atoms with Crippen molar-refractivity contribution in [1.29, 1.82) is 0 Å². The molecule has 0 unspecified atom stereocenters. The summed E-state index contributed by atoms with van der Waals surface area (Å²) in [5.41, 5.74) is 0.359. The lowest BCUT2D eigenvalue weighted by molar-refractivity contribution is -0.398. The molecule has 0 spiro atoms. The van der Waals surface area contributed by atoms with Gasteiger partial charge in [0.1, 0.15) is 0 Å². The number of aromatic nitrogens is 1. The molecule has 33 heavy (non-hydrogen) atoms. The Morgan fingerprint density at radius 3 is 2.64 bits per heavy atom. The van der Waals surface area contributed by atoms with Crippen LogP contribution in [-0.2, 0) is 9.53 Å². The number of allylic oxidation sites excluding steroid dienone is 1. The van der Waals surface area contributed by atoms with Gasteiger partial charge in [0.2, 0.25) is 0 Å². The van der Waals surface area contributed by atoms with Crippen molar-refractivity contribution in [3.05, 3.63) is 101 Å². The number of fused-ring (bicyclic) bond motifs is 1. The van der Waals surface area contributed by atoms with Crippen LogP contribution in [0.3, 0.4) is 0 Å². The molecule has 0 fully saturated rings. The van der Waals surface area contributed by atoms with Crippen molar-refractivity contribution in [3.63, 3.8) is 0 Å². The van der Waals surface area contributed by atoms with Crippen LogP contribution in [0.1, 0.15) is 31.0 Å². The Morgan fingerprint density at radius 1 is 1.24 bits per heavy atom. The first-order valence-electron chi connectivity index (χ1n) is 10.0. The molecule has 0 saturated heterocycles. The zero-order valence-corrected chi connectivity index (χ0v) is 18.5. The summed E-state index contributed by atoms with van der Waals surface area (Å²) in [5, 5.41) is 23.6. The smallest absolute Gasteiger partial charge is 0.338 e. The first-order chi connectivity index (χ1) is 15.8. The van der Waals surface area contributed by atoms with Gasteiger partial charge in [0.25, 0.3) is 11.2 Å². The van der Waals surface area contributed by atoms with Gasteiger partial charge >= 0.3 is 5.97 Å². The summed E-state index contributed by atoms with van der Waals surface area (Å²) in [6, 6.07) is 12.2. The van der Waals surface area contributed by atoms with Crippen molar-refractivity contribution in [2.45, 2.75) is 19.9 Å². The first-order valence-corrected chi connectivity index (χ1v) is 10.8. The third kappa shape index (κ3) is 3.96.